The van der Waals surface area contributed by atoms with Gasteiger partial charge in [-0.3, -0.25) is 19.8 Å². The Hall–Kier alpha value is -2.77. The van der Waals surface area contributed by atoms with Gasteiger partial charge in [0.25, 0.3) is 5.69 Å². The summed E-state index contributed by atoms with van der Waals surface area (Å²) in [4.78, 5) is 23.3. The van der Waals surface area contributed by atoms with Crippen LogP contribution < -0.4 is 5.32 Å². The molecule has 1 atom stereocenters. The summed E-state index contributed by atoms with van der Waals surface area (Å²) in [7, 11) is 0. The van der Waals surface area contributed by atoms with Crippen LogP contribution in [0.2, 0.25) is 0 Å². The van der Waals surface area contributed by atoms with Crippen LogP contribution in [0.4, 0.5) is 5.69 Å². The average molecular weight is 341 g/mol. The molecule has 0 amide bonds. The zero-order chi connectivity index (χ0) is 17.8. The molecule has 1 aliphatic heterocycles. The van der Waals surface area contributed by atoms with E-state index in [9.17, 15) is 14.9 Å². The Morgan fingerprint density at radius 3 is 2.32 bits per heavy atom. The third kappa shape index (κ3) is 4.01. The lowest BCUT2D eigenvalue weighted by Crippen LogP contribution is -2.47. The quantitative estimate of drug-likeness (QED) is 0.640. The fourth-order valence-electron chi connectivity index (χ4n) is 3.11. The van der Waals surface area contributed by atoms with E-state index in [0.717, 1.165) is 23.2 Å². The van der Waals surface area contributed by atoms with Gasteiger partial charge >= 0.3 is 5.97 Å². The maximum atomic E-state index is 11.0. The summed E-state index contributed by atoms with van der Waals surface area (Å²) in [5, 5.41) is 23.1. The molecule has 0 saturated carbocycles. The van der Waals surface area contributed by atoms with Crippen molar-refractivity contribution in [2.24, 2.45) is 0 Å². The van der Waals surface area contributed by atoms with Crippen molar-refractivity contribution < 1.29 is 14.8 Å². The largest absolute Gasteiger partial charge is 0.480 e. The molecular weight excluding hydrogens is 322 g/mol. The molecule has 2 aromatic carbocycles. The van der Waals surface area contributed by atoms with Crippen LogP contribution in [0.5, 0.6) is 0 Å². The number of carboxylic acid groups (broad SMARTS) is 1. The van der Waals surface area contributed by atoms with Gasteiger partial charge in [-0.1, -0.05) is 24.3 Å². The lowest BCUT2D eigenvalue weighted by molar-refractivity contribution is -0.384. The molecule has 0 aliphatic carbocycles. The molecule has 1 saturated heterocycles. The lowest BCUT2D eigenvalue weighted by atomic mass is 9.98. The van der Waals surface area contributed by atoms with E-state index in [1.54, 1.807) is 12.1 Å². The highest BCUT2D eigenvalue weighted by atomic mass is 16.6. The van der Waals surface area contributed by atoms with Gasteiger partial charge in [0, 0.05) is 37.8 Å². The van der Waals surface area contributed by atoms with Crippen LogP contribution in [0.3, 0.4) is 0 Å². The van der Waals surface area contributed by atoms with Crippen LogP contribution in [0.1, 0.15) is 11.6 Å². The summed E-state index contributed by atoms with van der Waals surface area (Å²) in [6.45, 7) is 2.21. The van der Waals surface area contributed by atoms with E-state index < -0.39 is 10.9 Å². The number of non-ortho nitro benzene ring substituents is 1. The molecule has 1 heterocycles. The summed E-state index contributed by atoms with van der Waals surface area (Å²) >= 11 is 0. The Morgan fingerprint density at radius 2 is 1.76 bits per heavy atom. The van der Waals surface area contributed by atoms with Crippen molar-refractivity contribution in [1.29, 1.82) is 0 Å². The molecule has 7 nitrogen and oxygen atoms in total. The number of benzene rings is 2. The zero-order valence-electron chi connectivity index (χ0n) is 13.6. The standard InChI is InChI=1S/C18H19N3O4/c22-18(23)12-20-10-9-19-11-17(20)15-3-1-13(2-4-15)14-5-7-16(8-6-14)21(24)25/h1-8,17,19H,9-12H2,(H,22,23). The van der Waals surface area contributed by atoms with E-state index in [0.29, 0.717) is 13.1 Å². The monoisotopic (exact) mass is 341 g/mol. The Kier molecular flexibility index (Phi) is 5.06. The first-order chi connectivity index (χ1) is 12.0. The molecule has 3 rings (SSSR count). The van der Waals surface area contributed by atoms with Crippen LogP contribution in [-0.4, -0.2) is 47.1 Å². The number of carboxylic acids is 1. The fraction of sp³-hybridized carbons (Fsp3) is 0.278. The Labute approximate surface area is 145 Å². The van der Waals surface area contributed by atoms with Gasteiger partial charge in [0.05, 0.1) is 11.5 Å². The summed E-state index contributed by atoms with van der Waals surface area (Å²) in [6, 6.07) is 14.4. The predicted molar refractivity (Wildman–Crippen MR) is 93.4 cm³/mol. The molecule has 1 fully saturated rings. The van der Waals surface area contributed by atoms with E-state index in [1.807, 2.05) is 29.2 Å². The molecular formula is C18H19N3O4. The minimum absolute atomic E-state index is 0.0239. The normalized spacial score (nSPS) is 18.0. The third-order valence-electron chi connectivity index (χ3n) is 4.40. The van der Waals surface area contributed by atoms with Gasteiger partial charge in [-0.25, -0.2) is 0 Å². The number of aliphatic carboxylic acids is 1. The molecule has 25 heavy (non-hydrogen) atoms. The van der Waals surface area contributed by atoms with Crippen LogP contribution in [-0.2, 0) is 4.79 Å². The van der Waals surface area contributed by atoms with Crippen molar-refractivity contribution in [2.75, 3.05) is 26.2 Å². The SMILES string of the molecule is O=C(O)CN1CCNCC1c1ccc(-c2ccc([N+](=O)[O-])cc2)cc1. The second kappa shape index (κ2) is 7.42. The van der Waals surface area contributed by atoms with Gasteiger partial charge in [0.1, 0.15) is 0 Å². The van der Waals surface area contributed by atoms with E-state index in [4.69, 9.17) is 5.11 Å². The van der Waals surface area contributed by atoms with Crippen molar-refractivity contribution in [1.82, 2.24) is 10.2 Å². The number of piperazine rings is 1. The summed E-state index contributed by atoms with van der Waals surface area (Å²) in [5.41, 5.74) is 2.99. The van der Waals surface area contributed by atoms with E-state index >= 15 is 0 Å². The number of nitrogens with one attached hydrogen (secondary N) is 1. The highest BCUT2D eigenvalue weighted by Gasteiger charge is 2.25. The minimum Gasteiger partial charge on any atom is -0.480 e. The van der Waals surface area contributed by atoms with Crippen molar-refractivity contribution in [3.05, 3.63) is 64.2 Å². The zero-order valence-corrected chi connectivity index (χ0v) is 13.6. The van der Waals surface area contributed by atoms with Crippen LogP contribution in [0.15, 0.2) is 48.5 Å². The highest BCUT2D eigenvalue weighted by Crippen LogP contribution is 2.27. The molecule has 0 radical (unpaired) electrons. The first kappa shape index (κ1) is 17.1. The second-order valence-corrected chi connectivity index (χ2v) is 6.01. The number of hydrogen-bond acceptors (Lipinski definition) is 5. The van der Waals surface area contributed by atoms with Crippen LogP contribution in [0.25, 0.3) is 11.1 Å². The van der Waals surface area contributed by atoms with Crippen LogP contribution >= 0.6 is 0 Å². The number of nitrogens with zero attached hydrogens (tertiary/aromatic N) is 2. The Morgan fingerprint density at radius 1 is 1.16 bits per heavy atom. The maximum absolute atomic E-state index is 11.0. The van der Waals surface area contributed by atoms with Gasteiger partial charge in [-0.2, -0.15) is 0 Å². The molecule has 0 spiro atoms. The van der Waals surface area contributed by atoms with E-state index in [-0.39, 0.29) is 18.3 Å². The highest BCUT2D eigenvalue weighted by molar-refractivity contribution is 5.69. The van der Waals surface area contributed by atoms with Gasteiger partial charge < -0.3 is 10.4 Å². The van der Waals surface area contributed by atoms with Crippen molar-refractivity contribution >= 4 is 11.7 Å². The molecule has 0 bridgehead atoms. The van der Waals surface area contributed by atoms with E-state index in [2.05, 4.69) is 5.32 Å². The summed E-state index contributed by atoms with van der Waals surface area (Å²) in [5.74, 6) is -0.825. The first-order valence-electron chi connectivity index (χ1n) is 8.06. The van der Waals surface area contributed by atoms with Gasteiger partial charge in [0.15, 0.2) is 0 Å². The molecule has 7 heteroatoms. The minimum atomic E-state index is -0.825. The first-order valence-corrected chi connectivity index (χ1v) is 8.06. The summed E-state index contributed by atoms with van der Waals surface area (Å²) < 4.78 is 0. The van der Waals surface area contributed by atoms with Crippen molar-refractivity contribution in [3.63, 3.8) is 0 Å². The molecule has 1 aliphatic rings. The number of nitro benzene ring substituents is 1. The topological polar surface area (TPSA) is 95.7 Å². The van der Waals surface area contributed by atoms with Gasteiger partial charge in [-0.15, -0.1) is 0 Å². The van der Waals surface area contributed by atoms with Crippen molar-refractivity contribution in [2.45, 2.75) is 6.04 Å². The number of hydrogen-bond donors (Lipinski definition) is 2. The lowest BCUT2D eigenvalue weighted by Gasteiger charge is -2.35. The smallest absolute Gasteiger partial charge is 0.317 e. The molecule has 1 unspecified atom stereocenters. The molecule has 0 aromatic heterocycles. The van der Waals surface area contributed by atoms with Gasteiger partial charge in [0.2, 0.25) is 0 Å². The molecule has 2 aromatic rings. The second-order valence-electron chi connectivity index (χ2n) is 6.01. The molecule has 2 N–H and O–H groups in total. The van der Waals surface area contributed by atoms with Gasteiger partial charge in [-0.05, 0) is 28.8 Å². The van der Waals surface area contributed by atoms with E-state index in [1.165, 1.54) is 12.1 Å². The number of nitro groups is 1. The average Bonchev–Trinajstić information content (AvgIpc) is 2.62. The van der Waals surface area contributed by atoms with Crippen LogP contribution in [0, 0.1) is 10.1 Å². The Balaban J connectivity index is 1.78. The number of carbonyl (C=O) groups is 1. The molecule has 130 valence electrons. The predicted octanol–water partition coefficient (Wildman–Crippen LogP) is 2.29. The maximum Gasteiger partial charge on any atom is 0.317 e. The fourth-order valence-corrected chi connectivity index (χ4v) is 3.11. The third-order valence-corrected chi connectivity index (χ3v) is 4.40. The Bertz CT molecular complexity index is 759. The number of rotatable bonds is 5. The van der Waals surface area contributed by atoms with Crippen molar-refractivity contribution in [3.8, 4) is 11.1 Å². The summed E-state index contributed by atoms with van der Waals surface area (Å²) in [6.07, 6.45) is 0.